The molecule has 0 aliphatic rings. The van der Waals surface area contributed by atoms with E-state index in [0.29, 0.717) is 0 Å². The highest BCUT2D eigenvalue weighted by atomic mass is 127. The van der Waals surface area contributed by atoms with Crippen molar-refractivity contribution < 1.29 is 0 Å². The van der Waals surface area contributed by atoms with Gasteiger partial charge < -0.3 is 4.98 Å². The SMILES string of the molecule is Brc1nc2c(I)cc(I)cc2[nH]1. The molecule has 0 bridgehead atoms. The summed E-state index contributed by atoms with van der Waals surface area (Å²) >= 11 is 7.89. The number of benzene rings is 1. The lowest BCUT2D eigenvalue weighted by atomic mass is 10.3. The van der Waals surface area contributed by atoms with Gasteiger partial charge >= 0.3 is 0 Å². The molecule has 2 rings (SSSR count). The van der Waals surface area contributed by atoms with E-state index in [0.717, 1.165) is 15.8 Å². The molecule has 62 valence electrons. The van der Waals surface area contributed by atoms with Crippen molar-refractivity contribution in [3.63, 3.8) is 0 Å². The molecule has 1 aromatic heterocycles. The number of imidazole rings is 1. The summed E-state index contributed by atoms with van der Waals surface area (Å²) in [5, 5.41) is 0. The minimum atomic E-state index is 0.789. The Hall–Kier alpha value is 0.630. The number of aromatic nitrogens is 2. The molecule has 0 atom stereocenters. The van der Waals surface area contributed by atoms with Gasteiger partial charge in [0.25, 0.3) is 0 Å². The number of hydrogen-bond acceptors (Lipinski definition) is 1. The predicted octanol–water partition coefficient (Wildman–Crippen LogP) is 3.53. The van der Waals surface area contributed by atoms with Gasteiger partial charge in [-0.25, -0.2) is 4.98 Å². The molecule has 12 heavy (non-hydrogen) atoms. The van der Waals surface area contributed by atoms with E-state index >= 15 is 0 Å². The van der Waals surface area contributed by atoms with Crippen molar-refractivity contribution >= 4 is 72.1 Å². The summed E-state index contributed by atoms with van der Waals surface area (Å²) in [5.41, 5.74) is 2.11. The Morgan fingerprint density at radius 3 is 2.83 bits per heavy atom. The van der Waals surface area contributed by atoms with E-state index in [1.807, 2.05) is 0 Å². The van der Waals surface area contributed by atoms with Gasteiger partial charge in [0.1, 0.15) is 5.52 Å². The zero-order valence-corrected chi connectivity index (χ0v) is 11.6. The number of hydrogen-bond donors (Lipinski definition) is 1. The van der Waals surface area contributed by atoms with E-state index in [1.54, 1.807) is 0 Å². The molecule has 2 aromatic rings. The van der Waals surface area contributed by atoms with Crippen LogP contribution in [0.3, 0.4) is 0 Å². The maximum atomic E-state index is 4.30. The zero-order chi connectivity index (χ0) is 8.72. The van der Waals surface area contributed by atoms with Gasteiger partial charge in [0.05, 0.1) is 5.52 Å². The number of halogens is 3. The highest BCUT2D eigenvalue weighted by Gasteiger charge is 2.04. The van der Waals surface area contributed by atoms with Crippen LogP contribution in [0.4, 0.5) is 0 Å². The molecule has 0 saturated carbocycles. The van der Waals surface area contributed by atoms with Crippen LogP contribution in [0.2, 0.25) is 0 Å². The first-order valence-electron chi connectivity index (χ1n) is 3.17. The Bertz CT molecular complexity index is 438. The van der Waals surface area contributed by atoms with Gasteiger partial charge in [0.2, 0.25) is 0 Å². The highest BCUT2D eigenvalue weighted by molar-refractivity contribution is 14.1. The van der Waals surface area contributed by atoms with Crippen molar-refractivity contribution in [3.05, 3.63) is 24.0 Å². The molecular formula is C7H3BrI2N2. The highest BCUT2D eigenvalue weighted by Crippen LogP contribution is 2.23. The summed E-state index contributed by atoms with van der Waals surface area (Å²) in [6, 6.07) is 4.19. The van der Waals surface area contributed by atoms with Crippen LogP contribution in [-0.2, 0) is 0 Å². The van der Waals surface area contributed by atoms with Crippen molar-refractivity contribution in [1.82, 2.24) is 9.97 Å². The second-order valence-corrected chi connectivity index (χ2v) is 5.47. The number of nitrogens with one attached hydrogen (secondary N) is 1. The smallest absolute Gasteiger partial charge is 0.175 e. The minimum absolute atomic E-state index is 0.789. The third-order valence-corrected chi connectivity index (χ3v) is 3.30. The van der Waals surface area contributed by atoms with Gasteiger partial charge in [-0.2, -0.15) is 0 Å². The lowest BCUT2D eigenvalue weighted by Gasteiger charge is -1.93. The topological polar surface area (TPSA) is 28.7 Å². The molecule has 1 N–H and O–H groups in total. The monoisotopic (exact) mass is 448 g/mol. The van der Waals surface area contributed by atoms with Crippen molar-refractivity contribution in [2.45, 2.75) is 0 Å². The summed E-state index contributed by atoms with van der Waals surface area (Å²) in [5.74, 6) is 0. The van der Waals surface area contributed by atoms with Gasteiger partial charge in [0.15, 0.2) is 4.73 Å². The molecule has 0 radical (unpaired) electrons. The molecular weight excluding hydrogens is 446 g/mol. The largest absolute Gasteiger partial charge is 0.332 e. The van der Waals surface area contributed by atoms with Crippen LogP contribution in [-0.4, -0.2) is 9.97 Å². The molecule has 2 nitrogen and oxygen atoms in total. The Morgan fingerprint density at radius 1 is 1.33 bits per heavy atom. The van der Waals surface area contributed by atoms with Crippen molar-refractivity contribution in [1.29, 1.82) is 0 Å². The molecule has 0 unspecified atom stereocenters. The van der Waals surface area contributed by atoms with E-state index in [2.05, 4.69) is 83.2 Å². The van der Waals surface area contributed by atoms with E-state index in [1.165, 1.54) is 7.14 Å². The molecule has 0 aliphatic heterocycles. The van der Waals surface area contributed by atoms with E-state index in [9.17, 15) is 0 Å². The van der Waals surface area contributed by atoms with Crippen LogP contribution in [0, 0.1) is 7.14 Å². The van der Waals surface area contributed by atoms with Crippen LogP contribution >= 0.6 is 61.1 Å². The fraction of sp³-hybridized carbons (Fsp3) is 0. The maximum absolute atomic E-state index is 4.30. The van der Waals surface area contributed by atoms with Crippen LogP contribution in [0.15, 0.2) is 16.9 Å². The number of rotatable bonds is 0. The van der Waals surface area contributed by atoms with Gasteiger partial charge in [-0.3, -0.25) is 0 Å². The van der Waals surface area contributed by atoms with Gasteiger partial charge in [-0.05, 0) is 73.2 Å². The van der Waals surface area contributed by atoms with Crippen molar-refractivity contribution in [2.75, 3.05) is 0 Å². The van der Waals surface area contributed by atoms with Crippen molar-refractivity contribution in [2.24, 2.45) is 0 Å². The number of H-pyrrole nitrogens is 1. The predicted molar refractivity (Wildman–Crippen MR) is 69.2 cm³/mol. The normalized spacial score (nSPS) is 10.9. The Morgan fingerprint density at radius 2 is 2.08 bits per heavy atom. The van der Waals surface area contributed by atoms with E-state index in [4.69, 9.17) is 0 Å². The first kappa shape index (κ1) is 9.20. The average molecular weight is 449 g/mol. The molecule has 0 aliphatic carbocycles. The van der Waals surface area contributed by atoms with Crippen LogP contribution < -0.4 is 0 Å². The quantitative estimate of drug-likeness (QED) is 0.614. The Labute approximate surface area is 105 Å². The second-order valence-electron chi connectivity index (χ2n) is 2.31. The summed E-state index contributed by atoms with van der Waals surface area (Å²) < 4.78 is 3.19. The van der Waals surface area contributed by atoms with Gasteiger partial charge in [-0.15, -0.1) is 0 Å². The Kier molecular flexibility index (Phi) is 2.61. The first-order valence-corrected chi connectivity index (χ1v) is 6.12. The standard InChI is InChI=1S/C7H3BrI2N2/c8-7-11-5-2-3(9)1-4(10)6(5)12-7/h1-2H,(H,11,12). The first-order chi connectivity index (χ1) is 5.66. The van der Waals surface area contributed by atoms with Gasteiger partial charge in [-0.1, -0.05) is 0 Å². The fourth-order valence-corrected chi connectivity index (χ4v) is 3.37. The molecule has 0 fully saturated rings. The molecule has 5 heteroatoms. The lowest BCUT2D eigenvalue weighted by Crippen LogP contribution is -1.78. The third-order valence-electron chi connectivity index (χ3n) is 1.48. The molecule has 0 saturated heterocycles. The van der Waals surface area contributed by atoms with Crippen LogP contribution in [0.25, 0.3) is 11.0 Å². The summed E-state index contributed by atoms with van der Waals surface area (Å²) in [6.07, 6.45) is 0. The van der Waals surface area contributed by atoms with Crippen molar-refractivity contribution in [3.8, 4) is 0 Å². The molecule has 0 spiro atoms. The Balaban J connectivity index is 2.88. The fourth-order valence-electron chi connectivity index (χ4n) is 1.01. The molecule has 1 heterocycles. The second kappa shape index (κ2) is 3.41. The van der Waals surface area contributed by atoms with E-state index in [-0.39, 0.29) is 0 Å². The maximum Gasteiger partial charge on any atom is 0.175 e. The number of nitrogens with zero attached hydrogens (tertiary/aromatic N) is 1. The van der Waals surface area contributed by atoms with E-state index < -0.39 is 0 Å². The van der Waals surface area contributed by atoms with Crippen LogP contribution in [0.1, 0.15) is 0 Å². The third kappa shape index (κ3) is 1.63. The van der Waals surface area contributed by atoms with Gasteiger partial charge in [0, 0.05) is 7.14 Å². The molecule has 0 amide bonds. The minimum Gasteiger partial charge on any atom is -0.332 e. The average Bonchev–Trinajstić information content (AvgIpc) is 2.29. The number of aromatic amines is 1. The number of fused-ring (bicyclic) bond motifs is 1. The molecule has 1 aromatic carbocycles. The summed E-state index contributed by atoms with van der Waals surface area (Å²) in [7, 11) is 0. The summed E-state index contributed by atoms with van der Waals surface area (Å²) in [6.45, 7) is 0. The van der Waals surface area contributed by atoms with Crippen LogP contribution in [0.5, 0.6) is 0 Å². The summed E-state index contributed by atoms with van der Waals surface area (Å²) in [4.78, 5) is 7.44. The zero-order valence-electron chi connectivity index (χ0n) is 5.74. The lowest BCUT2D eigenvalue weighted by molar-refractivity contribution is 1.27.